The summed E-state index contributed by atoms with van der Waals surface area (Å²) in [6, 6.07) is 9.92. The van der Waals surface area contributed by atoms with Gasteiger partial charge in [0, 0.05) is 17.4 Å². The van der Waals surface area contributed by atoms with Crippen LogP contribution in [0.2, 0.25) is 0 Å². The van der Waals surface area contributed by atoms with E-state index in [2.05, 4.69) is 39.6 Å². The summed E-state index contributed by atoms with van der Waals surface area (Å²) in [4.78, 5) is 12.3. The fourth-order valence-corrected chi connectivity index (χ4v) is 5.09. The second-order valence-corrected chi connectivity index (χ2v) is 9.58. The van der Waals surface area contributed by atoms with Crippen LogP contribution in [0, 0.1) is 0 Å². The third-order valence-corrected chi connectivity index (χ3v) is 7.01. The van der Waals surface area contributed by atoms with Gasteiger partial charge in [-0.2, -0.15) is 0 Å². The van der Waals surface area contributed by atoms with E-state index in [9.17, 15) is 4.79 Å². The summed E-state index contributed by atoms with van der Waals surface area (Å²) in [5.41, 5.74) is 0.989. The first kappa shape index (κ1) is 20.8. The van der Waals surface area contributed by atoms with E-state index in [0.717, 1.165) is 28.7 Å². The minimum absolute atomic E-state index is 0.137. The number of amides is 1. The van der Waals surface area contributed by atoms with Crippen LogP contribution in [-0.2, 0) is 11.2 Å². The molecule has 3 aromatic rings. The molecule has 0 aliphatic rings. The molecule has 3 rings (SSSR count). The van der Waals surface area contributed by atoms with Gasteiger partial charge in [0.05, 0.1) is 5.75 Å². The average molecular weight is 435 g/mol. The molecule has 1 unspecified atom stereocenters. The predicted molar refractivity (Wildman–Crippen MR) is 116 cm³/mol. The molecular weight excluding hydrogens is 412 g/mol. The highest BCUT2D eigenvalue weighted by Crippen LogP contribution is 2.30. The quantitative estimate of drug-likeness (QED) is 0.397. The molecule has 1 atom stereocenters. The number of benzene rings is 1. The van der Waals surface area contributed by atoms with Gasteiger partial charge in [-0.25, -0.2) is 0 Å². The van der Waals surface area contributed by atoms with Crippen molar-refractivity contribution in [2.75, 3.05) is 11.1 Å². The topological polar surface area (TPSA) is 85.6 Å². The second-order valence-electron chi connectivity index (χ2n) is 5.97. The van der Waals surface area contributed by atoms with Crippen LogP contribution in [0.1, 0.15) is 33.0 Å². The third-order valence-electron chi connectivity index (χ3n) is 3.89. The lowest BCUT2D eigenvalue weighted by atomic mass is 10.3. The molecule has 7 nitrogen and oxygen atoms in total. The van der Waals surface area contributed by atoms with Crippen molar-refractivity contribution in [1.82, 2.24) is 25.0 Å². The number of hydrogen-bond donors (Lipinski definition) is 1. The van der Waals surface area contributed by atoms with Crippen LogP contribution in [0.15, 0.2) is 39.8 Å². The molecule has 0 aliphatic heterocycles. The highest BCUT2D eigenvalue weighted by Gasteiger charge is 2.16. The summed E-state index contributed by atoms with van der Waals surface area (Å²) in [5, 5.41) is 21.2. The first-order valence-electron chi connectivity index (χ1n) is 9.03. The van der Waals surface area contributed by atoms with Crippen LogP contribution >= 0.6 is 34.9 Å². The normalized spacial score (nSPS) is 12.1. The Labute approximate surface area is 176 Å². The van der Waals surface area contributed by atoms with Gasteiger partial charge in [-0.05, 0) is 18.6 Å². The van der Waals surface area contributed by atoms with E-state index in [4.69, 9.17) is 0 Å². The van der Waals surface area contributed by atoms with Crippen LogP contribution < -0.4 is 5.32 Å². The molecule has 0 saturated heterocycles. The van der Waals surface area contributed by atoms with Crippen molar-refractivity contribution in [2.24, 2.45) is 0 Å². The second kappa shape index (κ2) is 10.0. The van der Waals surface area contributed by atoms with Crippen molar-refractivity contribution < 1.29 is 4.79 Å². The molecule has 1 amide bonds. The first-order valence-corrected chi connectivity index (χ1v) is 11.7. The van der Waals surface area contributed by atoms with Crippen LogP contribution in [0.25, 0.3) is 5.69 Å². The molecule has 2 heterocycles. The lowest BCUT2D eigenvalue weighted by Crippen LogP contribution is -2.14. The maximum Gasteiger partial charge on any atom is 0.236 e. The van der Waals surface area contributed by atoms with E-state index in [-0.39, 0.29) is 11.7 Å². The fourth-order valence-electron chi connectivity index (χ4n) is 2.31. The number of nitrogens with zero attached hydrogens (tertiary/aromatic N) is 5. The molecular formula is C18H22N6OS3. The maximum atomic E-state index is 12.3. The largest absolute Gasteiger partial charge is 0.300 e. The predicted octanol–water partition coefficient (Wildman–Crippen LogP) is 4.30. The smallest absolute Gasteiger partial charge is 0.236 e. The van der Waals surface area contributed by atoms with E-state index < -0.39 is 0 Å². The van der Waals surface area contributed by atoms with Crippen LogP contribution in [0.5, 0.6) is 0 Å². The monoisotopic (exact) mass is 434 g/mol. The Morgan fingerprint density at radius 3 is 2.68 bits per heavy atom. The Morgan fingerprint density at radius 2 is 1.96 bits per heavy atom. The molecule has 0 radical (unpaired) electrons. The SMILES string of the molecule is CCc1nnc(SCC(=O)Nc2nnc(SC(C)CC)s2)n1-c1ccccc1. The Bertz CT molecular complexity index is 911. The molecule has 0 bridgehead atoms. The highest BCUT2D eigenvalue weighted by molar-refractivity contribution is 8.01. The third kappa shape index (κ3) is 5.33. The molecule has 148 valence electrons. The van der Waals surface area contributed by atoms with Crippen molar-refractivity contribution in [3.05, 3.63) is 36.2 Å². The first-order chi connectivity index (χ1) is 13.6. The van der Waals surface area contributed by atoms with Gasteiger partial charge in [-0.15, -0.1) is 20.4 Å². The Morgan fingerprint density at radius 1 is 1.18 bits per heavy atom. The van der Waals surface area contributed by atoms with E-state index in [1.54, 1.807) is 11.8 Å². The Kier molecular flexibility index (Phi) is 7.46. The van der Waals surface area contributed by atoms with E-state index in [0.29, 0.717) is 15.5 Å². The van der Waals surface area contributed by atoms with Gasteiger partial charge >= 0.3 is 0 Å². The molecule has 0 saturated carbocycles. The number of carbonyl (C=O) groups is 1. The number of carbonyl (C=O) groups excluding carboxylic acids is 1. The number of para-hydroxylation sites is 1. The Hall–Kier alpha value is -1.91. The number of hydrogen-bond acceptors (Lipinski definition) is 8. The highest BCUT2D eigenvalue weighted by atomic mass is 32.2. The lowest BCUT2D eigenvalue weighted by molar-refractivity contribution is -0.113. The van der Waals surface area contributed by atoms with Crippen LogP contribution in [-0.4, -0.2) is 41.9 Å². The summed E-state index contributed by atoms with van der Waals surface area (Å²) in [6.07, 6.45) is 1.82. The molecule has 1 N–H and O–H groups in total. The number of anilines is 1. The molecule has 0 spiro atoms. The lowest BCUT2D eigenvalue weighted by Gasteiger charge is -2.08. The van der Waals surface area contributed by atoms with Crippen molar-refractivity contribution in [1.29, 1.82) is 0 Å². The van der Waals surface area contributed by atoms with E-state index in [1.165, 1.54) is 23.1 Å². The average Bonchev–Trinajstić information content (AvgIpc) is 3.33. The number of aromatic nitrogens is 5. The van der Waals surface area contributed by atoms with Gasteiger partial charge in [-0.3, -0.25) is 14.7 Å². The number of thioether (sulfide) groups is 2. The number of rotatable bonds is 9. The van der Waals surface area contributed by atoms with E-state index in [1.807, 2.05) is 41.8 Å². The summed E-state index contributed by atoms with van der Waals surface area (Å²) >= 11 is 4.43. The van der Waals surface area contributed by atoms with Crippen molar-refractivity contribution >= 4 is 45.9 Å². The van der Waals surface area contributed by atoms with Gasteiger partial charge in [-0.1, -0.05) is 73.8 Å². The van der Waals surface area contributed by atoms with Gasteiger partial charge in [0.25, 0.3) is 0 Å². The molecule has 2 aromatic heterocycles. The zero-order valence-electron chi connectivity index (χ0n) is 16.0. The van der Waals surface area contributed by atoms with Crippen LogP contribution in [0.3, 0.4) is 0 Å². The standard InChI is InChI=1S/C18H22N6OS3/c1-4-12(3)27-18-23-21-16(28-18)19-15(25)11-26-17-22-20-14(5-2)24(17)13-9-7-6-8-10-13/h6-10,12H,4-5,11H2,1-3H3,(H,19,21,25). The zero-order chi connectivity index (χ0) is 19.9. The summed E-state index contributed by atoms with van der Waals surface area (Å²) < 4.78 is 2.86. The maximum absolute atomic E-state index is 12.3. The molecule has 1 aromatic carbocycles. The zero-order valence-corrected chi connectivity index (χ0v) is 18.4. The van der Waals surface area contributed by atoms with Gasteiger partial charge in [0.2, 0.25) is 11.0 Å². The van der Waals surface area contributed by atoms with Gasteiger partial charge < -0.3 is 0 Å². The van der Waals surface area contributed by atoms with Gasteiger partial charge in [0.15, 0.2) is 9.50 Å². The van der Waals surface area contributed by atoms with Crippen molar-refractivity contribution in [3.63, 3.8) is 0 Å². The summed E-state index contributed by atoms with van der Waals surface area (Å²) in [7, 11) is 0. The number of aryl methyl sites for hydroxylation is 1. The summed E-state index contributed by atoms with van der Waals surface area (Å²) in [6.45, 7) is 6.32. The minimum atomic E-state index is -0.137. The summed E-state index contributed by atoms with van der Waals surface area (Å²) in [5.74, 6) is 0.953. The number of nitrogens with one attached hydrogen (secondary N) is 1. The van der Waals surface area contributed by atoms with Gasteiger partial charge in [0.1, 0.15) is 5.82 Å². The Balaban J connectivity index is 1.62. The van der Waals surface area contributed by atoms with Crippen molar-refractivity contribution in [3.8, 4) is 5.69 Å². The van der Waals surface area contributed by atoms with Crippen LogP contribution in [0.4, 0.5) is 5.13 Å². The van der Waals surface area contributed by atoms with E-state index >= 15 is 0 Å². The molecule has 28 heavy (non-hydrogen) atoms. The minimum Gasteiger partial charge on any atom is -0.300 e. The fraction of sp³-hybridized carbons (Fsp3) is 0.389. The molecule has 10 heteroatoms. The van der Waals surface area contributed by atoms with Crippen molar-refractivity contribution in [2.45, 2.75) is 48.4 Å². The molecule has 0 fully saturated rings. The molecule has 0 aliphatic carbocycles.